The molecule has 0 unspecified atom stereocenters. The van der Waals surface area contributed by atoms with Crippen LogP contribution < -0.4 is 10.9 Å². The number of hydrogen-bond acceptors (Lipinski definition) is 4. The van der Waals surface area contributed by atoms with E-state index in [1.807, 2.05) is 68.4 Å². The molecule has 2 aromatic carbocycles. The van der Waals surface area contributed by atoms with Crippen molar-refractivity contribution < 1.29 is 4.79 Å². The number of aryl methyl sites for hydroxylation is 3. The van der Waals surface area contributed by atoms with E-state index in [9.17, 15) is 9.59 Å². The first-order chi connectivity index (χ1) is 14.3. The number of carbonyl (C=O) groups is 1. The zero-order chi connectivity index (χ0) is 21.4. The standard InChI is InChI=1S/C24H23N3O2S/c1-14-10-11-20(15(2)12-14)26-22(28)16(3)27-17(4)25-23-19(24(27)29)13-21(30-23)18-8-6-5-7-9-18/h5-13,16H,1-4H3,(H,26,28)/t16-/m0/s1. The Kier molecular flexibility index (Phi) is 5.26. The molecule has 152 valence electrons. The fourth-order valence-corrected chi connectivity index (χ4v) is 4.68. The third-order valence-electron chi connectivity index (χ3n) is 5.24. The smallest absolute Gasteiger partial charge is 0.263 e. The van der Waals surface area contributed by atoms with Crippen LogP contribution in [0.4, 0.5) is 5.69 Å². The lowest BCUT2D eigenvalue weighted by molar-refractivity contribution is -0.118. The summed E-state index contributed by atoms with van der Waals surface area (Å²) in [5, 5.41) is 3.48. The van der Waals surface area contributed by atoms with Crippen molar-refractivity contribution in [3.8, 4) is 10.4 Å². The summed E-state index contributed by atoms with van der Waals surface area (Å²) in [6.45, 7) is 7.46. The quantitative estimate of drug-likeness (QED) is 0.493. The van der Waals surface area contributed by atoms with Crippen molar-refractivity contribution in [3.05, 3.63) is 81.9 Å². The van der Waals surface area contributed by atoms with E-state index in [1.165, 1.54) is 15.9 Å². The van der Waals surface area contributed by atoms with Crippen LogP contribution >= 0.6 is 11.3 Å². The van der Waals surface area contributed by atoms with Gasteiger partial charge in [-0.3, -0.25) is 14.2 Å². The monoisotopic (exact) mass is 417 g/mol. The number of nitrogens with one attached hydrogen (secondary N) is 1. The minimum absolute atomic E-state index is 0.195. The summed E-state index contributed by atoms with van der Waals surface area (Å²) in [4.78, 5) is 32.5. The highest BCUT2D eigenvalue weighted by Gasteiger charge is 2.22. The van der Waals surface area contributed by atoms with Gasteiger partial charge in [0.25, 0.3) is 5.56 Å². The van der Waals surface area contributed by atoms with Crippen molar-refractivity contribution in [2.75, 3.05) is 5.32 Å². The fraction of sp³-hybridized carbons (Fsp3) is 0.208. The predicted octanol–water partition coefficient (Wildman–Crippen LogP) is 5.25. The van der Waals surface area contributed by atoms with E-state index >= 15 is 0 Å². The maximum Gasteiger partial charge on any atom is 0.263 e. The number of carbonyl (C=O) groups excluding carboxylic acids is 1. The first kappa shape index (κ1) is 20.0. The maximum atomic E-state index is 13.3. The van der Waals surface area contributed by atoms with Crippen LogP contribution in [0.1, 0.15) is 29.9 Å². The van der Waals surface area contributed by atoms with Gasteiger partial charge in [0, 0.05) is 10.6 Å². The Balaban J connectivity index is 1.71. The van der Waals surface area contributed by atoms with Gasteiger partial charge in [-0.05, 0) is 51.0 Å². The number of anilines is 1. The lowest BCUT2D eigenvalue weighted by Crippen LogP contribution is -2.33. The van der Waals surface area contributed by atoms with E-state index in [4.69, 9.17) is 0 Å². The molecular formula is C24H23N3O2S. The van der Waals surface area contributed by atoms with Gasteiger partial charge in [-0.2, -0.15) is 0 Å². The average Bonchev–Trinajstić information content (AvgIpc) is 3.15. The molecule has 6 heteroatoms. The van der Waals surface area contributed by atoms with Crippen LogP contribution in [0.15, 0.2) is 59.4 Å². The Morgan fingerprint density at radius 3 is 2.50 bits per heavy atom. The summed E-state index contributed by atoms with van der Waals surface area (Å²) in [7, 11) is 0. The molecule has 0 aliphatic rings. The lowest BCUT2D eigenvalue weighted by Gasteiger charge is -2.18. The SMILES string of the molecule is Cc1ccc(NC(=O)[C@H](C)n2c(C)nc3sc(-c4ccccc4)cc3c2=O)c(C)c1. The topological polar surface area (TPSA) is 64.0 Å². The van der Waals surface area contributed by atoms with Crippen molar-refractivity contribution in [1.29, 1.82) is 0 Å². The van der Waals surface area contributed by atoms with Crippen molar-refractivity contribution in [1.82, 2.24) is 9.55 Å². The lowest BCUT2D eigenvalue weighted by atomic mass is 10.1. The normalized spacial score (nSPS) is 12.1. The van der Waals surface area contributed by atoms with Crippen LogP contribution in [0.2, 0.25) is 0 Å². The van der Waals surface area contributed by atoms with Gasteiger partial charge in [-0.1, -0.05) is 48.0 Å². The zero-order valence-electron chi connectivity index (χ0n) is 17.4. The molecule has 2 aromatic heterocycles. The minimum atomic E-state index is -0.685. The summed E-state index contributed by atoms with van der Waals surface area (Å²) in [6.07, 6.45) is 0. The Bertz CT molecular complexity index is 1310. The van der Waals surface area contributed by atoms with Crippen LogP contribution in [-0.4, -0.2) is 15.5 Å². The Morgan fingerprint density at radius 1 is 1.07 bits per heavy atom. The molecule has 0 aliphatic heterocycles. The molecule has 1 atom stereocenters. The van der Waals surface area contributed by atoms with Gasteiger partial charge in [0.05, 0.1) is 5.39 Å². The molecule has 4 rings (SSSR count). The van der Waals surface area contributed by atoms with Gasteiger partial charge in [0.2, 0.25) is 5.91 Å². The molecule has 0 radical (unpaired) electrons. The van der Waals surface area contributed by atoms with Crippen molar-refractivity contribution in [3.63, 3.8) is 0 Å². The van der Waals surface area contributed by atoms with Gasteiger partial charge in [0.15, 0.2) is 0 Å². The fourth-order valence-electron chi connectivity index (χ4n) is 3.60. The number of thiophene rings is 1. The molecule has 0 bridgehead atoms. The number of benzene rings is 2. The molecule has 0 saturated heterocycles. The largest absolute Gasteiger partial charge is 0.324 e. The van der Waals surface area contributed by atoms with Crippen molar-refractivity contribution in [2.24, 2.45) is 0 Å². The number of fused-ring (bicyclic) bond motifs is 1. The van der Waals surface area contributed by atoms with Gasteiger partial charge in [-0.25, -0.2) is 4.98 Å². The molecular weight excluding hydrogens is 394 g/mol. The van der Waals surface area contributed by atoms with Gasteiger partial charge >= 0.3 is 0 Å². The van der Waals surface area contributed by atoms with Gasteiger partial charge in [0.1, 0.15) is 16.7 Å². The highest BCUT2D eigenvalue weighted by molar-refractivity contribution is 7.21. The summed E-state index contributed by atoms with van der Waals surface area (Å²) in [5.41, 5.74) is 3.72. The van der Waals surface area contributed by atoms with Gasteiger partial charge in [-0.15, -0.1) is 11.3 Å². The van der Waals surface area contributed by atoms with Crippen molar-refractivity contribution in [2.45, 2.75) is 33.7 Å². The molecule has 0 aliphatic carbocycles. The molecule has 0 saturated carbocycles. The summed E-state index contributed by atoms with van der Waals surface area (Å²) < 4.78 is 1.47. The summed E-state index contributed by atoms with van der Waals surface area (Å²) in [5.74, 6) is 0.282. The number of aromatic nitrogens is 2. The van der Waals surface area contributed by atoms with E-state index in [2.05, 4.69) is 10.3 Å². The Hall–Kier alpha value is -3.25. The summed E-state index contributed by atoms with van der Waals surface area (Å²) >= 11 is 1.49. The molecule has 30 heavy (non-hydrogen) atoms. The van der Waals surface area contributed by atoms with E-state index in [0.29, 0.717) is 16.0 Å². The second-order valence-electron chi connectivity index (χ2n) is 7.51. The highest BCUT2D eigenvalue weighted by Crippen LogP contribution is 2.31. The van der Waals surface area contributed by atoms with Crippen LogP contribution in [0.5, 0.6) is 0 Å². The van der Waals surface area contributed by atoms with Crippen LogP contribution in [0.3, 0.4) is 0 Å². The zero-order valence-corrected chi connectivity index (χ0v) is 18.2. The van der Waals surface area contributed by atoms with E-state index in [-0.39, 0.29) is 11.5 Å². The number of nitrogens with zero attached hydrogens (tertiary/aromatic N) is 2. The summed E-state index contributed by atoms with van der Waals surface area (Å²) in [6, 6.07) is 17.0. The van der Waals surface area contributed by atoms with Crippen LogP contribution in [0.25, 0.3) is 20.7 Å². The van der Waals surface area contributed by atoms with Crippen LogP contribution in [0, 0.1) is 20.8 Å². The maximum absolute atomic E-state index is 13.3. The molecule has 5 nitrogen and oxygen atoms in total. The molecule has 0 fully saturated rings. The van der Waals surface area contributed by atoms with Crippen molar-refractivity contribution >= 4 is 33.1 Å². The highest BCUT2D eigenvalue weighted by atomic mass is 32.1. The third kappa shape index (κ3) is 3.66. The van der Waals surface area contributed by atoms with E-state index < -0.39 is 6.04 Å². The Labute approximate surface area is 179 Å². The number of hydrogen-bond donors (Lipinski definition) is 1. The third-order valence-corrected chi connectivity index (χ3v) is 6.32. The first-order valence-corrected chi connectivity index (χ1v) is 10.6. The average molecular weight is 418 g/mol. The molecule has 4 aromatic rings. The second kappa shape index (κ2) is 7.88. The van der Waals surface area contributed by atoms with Gasteiger partial charge < -0.3 is 5.32 Å². The molecule has 1 N–H and O–H groups in total. The first-order valence-electron chi connectivity index (χ1n) is 9.81. The second-order valence-corrected chi connectivity index (χ2v) is 8.54. The molecule has 2 heterocycles. The number of amides is 1. The molecule has 0 spiro atoms. The predicted molar refractivity (Wildman–Crippen MR) is 123 cm³/mol. The molecule has 1 amide bonds. The van der Waals surface area contributed by atoms with E-state index in [1.54, 1.807) is 13.8 Å². The Morgan fingerprint density at radius 2 is 1.80 bits per heavy atom. The number of rotatable bonds is 4. The van der Waals surface area contributed by atoms with E-state index in [0.717, 1.165) is 27.3 Å². The minimum Gasteiger partial charge on any atom is -0.324 e. The van der Waals surface area contributed by atoms with Crippen LogP contribution in [-0.2, 0) is 4.79 Å².